The minimum atomic E-state index is -0.574. The second kappa shape index (κ2) is 6.64. The number of benzene rings is 1. The van der Waals surface area contributed by atoms with Crippen LogP contribution in [0.15, 0.2) is 30.3 Å². The first-order valence-corrected chi connectivity index (χ1v) is 7.16. The summed E-state index contributed by atoms with van der Waals surface area (Å²) < 4.78 is 7.35. The molecule has 7 heteroatoms. The van der Waals surface area contributed by atoms with Crippen molar-refractivity contribution in [2.45, 2.75) is 31.5 Å². The highest BCUT2D eigenvalue weighted by Gasteiger charge is 2.27. The summed E-state index contributed by atoms with van der Waals surface area (Å²) in [6.07, 6.45) is 1.72. The zero-order chi connectivity index (χ0) is 14.5. The minimum Gasteiger partial charge on any atom is -0.491 e. The molecule has 0 aliphatic heterocycles. The summed E-state index contributed by atoms with van der Waals surface area (Å²) in [5.74, 6) is 1.57. The highest BCUT2D eigenvalue weighted by atomic mass is 16.5. The minimum absolute atomic E-state index is 0.255. The molecule has 2 N–H and O–H groups in total. The Hall–Kier alpha value is -1.99. The summed E-state index contributed by atoms with van der Waals surface area (Å²) in [4.78, 5) is 0. The molecule has 0 radical (unpaired) electrons. The maximum absolute atomic E-state index is 9.88. The van der Waals surface area contributed by atoms with Crippen molar-refractivity contribution >= 4 is 0 Å². The second-order valence-corrected chi connectivity index (χ2v) is 5.18. The van der Waals surface area contributed by atoms with E-state index in [1.165, 1.54) is 0 Å². The zero-order valence-corrected chi connectivity index (χ0v) is 11.7. The molecular weight excluding hydrogens is 270 g/mol. The van der Waals surface area contributed by atoms with Gasteiger partial charge in [0.25, 0.3) is 0 Å². The van der Waals surface area contributed by atoms with Crippen molar-refractivity contribution in [3.05, 3.63) is 36.2 Å². The monoisotopic (exact) mass is 289 g/mol. The number of ether oxygens (including phenoxy) is 1. The number of nitrogens with one attached hydrogen (secondary N) is 1. The number of rotatable bonds is 8. The molecule has 1 aromatic heterocycles. The molecule has 0 bridgehead atoms. The van der Waals surface area contributed by atoms with Crippen LogP contribution < -0.4 is 10.1 Å². The lowest BCUT2D eigenvalue weighted by atomic mass is 10.3. The third-order valence-corrected chi connectivity index (χ3v) is 3.30. The summed E-state index contributed by atoms with van der Waals surface area (Å²) in [5, 5.41) is 24.7. The van der Waals surface area contributed by atoms with Crippen LogP contribution in [-0.2, 0) is 6.54 Å². The van der Waals surface area contributed by atoms with E-state index in [1.54, 1.807) is 0 Å². The fourth-order valence-electron chi connectivity index (χ4n) is 2.05. The summed E-state index contributed by atoms with van der Waals surface area (Å²) in [7, 11) is 0. The Morgan fingerprint density at radius 1 is 1.33 bits per heavy atom. The fourth-order valence-corrected chi connectivity index (χ4v) is 2.05. The van der Waals surface area contributed by atoms with Gasteiger partial charge in [-0.25, -0.2) is 4.68 Å². The largest absolute Gasteiger partial charge is 0.491 e. The van der Waals surface area contributed by atoms with Gasteiger partial charge in [0.2, 0.25) is 0 Å². The maximum atomic E-state index is 9.88. The Morgan fingerprint density at radius 2 is 2.14 bits per heavy atom. The highest BCUT2D eigenvalue weighted by molar-refractivity contribution is 5.20. The van der Waals surface area contributed by atoms with E-state index in [9.17, 15) is 5.11 Å². The van der Waals surface area contributed by atoms with Crippen LogP contribution in [0.1, 0.15) is 24.7 Å². The molecule has 3 rings (SSSR count). The molecule has 21 heavy (non-hydrogen) atoms. The molecule has 1 aromatic carbocycles. The third-order valence-electron chi connectivity index (χ3n) is 3.30. The van der Waals surface area contributed by atoms with Gasteiger partial charge in [0.05, 0.1) is 12.6 Å². The van der Waals surface area contributed by atoms with Crippen molar-refractivity contribution in [3.8, 4) is 5.75 Å². The Labute approximate surface area is 122 Å². The third kappa shape index (κ3) is 3.99. The summed E-state index contributed by atoms with van der Waals surface area (Å²) in [6, 6.07) is 9.92. The quantitative estimate of drug-likeness (QED) is 0.737. The molecule has 112 valence electrons. The fraction of sp³-hybridized carbons (Fsp3) is 0.500. The summed E-state index contributed by atoms with van der Waals surface area (Å²) >= 11 is 0. The van der Waals surface area contributed by atoms with Gasteiger partial charge in [-0.2, -0.15) is 0 Å². The molecular formula is C14H19N5O2. The number of hydrogen-bond donors (Lipinski definition) is 2. The average Bonchev–Trinajstić information content (AvgIpc) is 3.26. The van der Waals surface area contributed by atoms with Crippen LogP contribution in [0.4, 0.5) is 0 Å². The Morgan fingerprint density at radius 3 is 2.90 bits per heavy atom. The summed E-state index contributed by atoms with van der Waals surface area (Å²) in [5.41, 5.74) is 0. The number of nitrogens with zero attached hydrogens (tertiary/aromatic N) is 4. The molecule has 1 fully saturated rings. The molecule has 1 heterocycles. The number of aromatic nitrogens is 4. The lowest BCUT2D eigenvalue weighted by Gasteiger charge is -2.13. The number of aliphatic hydroxyl groups is 1. The molecule has 7 nitrogen and oxygen atoms in total. The van der Waals surface area contributed by atoms with E-state index in [-0.39, 0.29) is 6.61 Å². The van der Waals surface area contributed by atoms with Gasteiger partial charge in [-0.05, 0) is 35.4 Å². The van der Waals surface area contributed by atoms with Crippen molar-refractivity contribution in [2.24, 2.45) is 0 Å². The van der Waals surface area contributed by atoms with E-state index in [1.807, 2.05) is 35.0 Å². The van der Waals surface area contributed by atoms with Crippen molar-refractivity contribution < 1.29 is 9.84 Å². The van der Waals surface area contributed by atoms with E-state index in [0.29, 0.717) is 19.1 Å². The van der Waals surface area contributed by atoms with Crippen LogP contribution in [0.25, 0.3) is 0 Å². The standard InChI is InChI=1S/C14H19N5O2/c20-12(10-21-13-4-2-1-3-5-13)8-15-9-14-16-17-18-19(14)11-6-7-11/h1-5,11-12,15,20H,6-10H2/t12-/m0/s1. The van der Waals surface area contributed by atoms with E-state index >= 15 is 0 Å². The van der Waals surface area contributed by atoms with Crippen molar-refractivity contribution in [3.63, 3.8) is 0 Å². The topological polar surface area (TPSA) is 85.1 Å². The number of aliphatic hydroxyl groups excluding tert-OH is 1. The Kier molecular flexibility index (Phi) is 4.42. The SMILES string of the molecule is O[C@@H](CNCc1nnnn1C1CC1)COc1ccccc1. The van der Waals surface area contributed by atoms with Gasteiger partial charge in [-0.1, -0.05) is 18.2 Å². The molecule has 0 unspecified atom stereocenters. The second-order valence-electron chi connectivity index (χ2n) is 5.18. The van der Waals surface area contributed by atoms with E-state index < -0.39 is 6.10 Å². The Balaban J connectivity index is 1.37. The van der Waals surface area contributed by atoms with E-state index in [0.717, 1.165) is 24.4 Å². The van der Waals surface area contributed by atoms with Crippen LogP contribution in [0.3, 0.4) is 0 Å². The van der Waals surface area contributed by atoms with Gasteiger partial charge in [-0.3, -0.25) is 0 Å². The smallest absolute Gasteiger partial charge is 0.165 e. The molecule has 1 atom stereocenters. The van der Waals surface area contributed by atoms with Crippen molar-refractivity contribution in [1.29, 1.82) is 0 Å². The van der Waals surface area contributed by atoms with E-state index in [4.69, 9.17) is 4.74 Å². The first-order chi connectivity index (χ1) is 10.3. The normalized spacial score (nSPS) is 15.9. The van der Waals surface area contributed by atoms with E-state index in [2.05, 4.69) is 20.8 Å². The molecule has 0 spiro atoms. The van der Waals surface area contributed by atoms with Crippen LogP contribution in [-0.4, -0.2) is 44.6 Å². The van der Waals surface area contributed by atoms with Crippen molar-refractivity contribution in [1.82, 2.24) is 25.5 Å². The molecule has 1 aliphatic rings. The van der Waals surface area contributed by atoms with Gasteiger partial charge in [0.1, 0.15) is 18.5 Å². The van der Waals surface area contributed by atoms with Crippen LogP contribution in [0, 0.1) is 0 Å². The summed E-state index contributed by atoms with van der Waals surface area (Å²) in [6.45, 7) is 1.24. The molecule has 0 amide bonds. The van der Waals surface area contributed by atoms with Crippen molar-refractivity contribution in [2.75, 3.05) is 13.2 Å². The van der Waals surface area contributed by atoms with Gasteiger partial charge in [0, 0.05) is 6.54 Å². The maximum Gasteiger partial charge on any atom is 0.165 e. The molecule has 1 aliphatic carbocycles. The van der Waals surface area contributed by atoms with Gasteiger partial charge >= 0.3 is 0 Å². The van der Waals surface area contributed by atoms with Gasteiger partial charge < -0.3 is 15.2 Å². The number of tetrazole rings is 1. The first kappa shape index (κ1) is 14.0. The number of hydrogen-bond acceptors (Lipinski definition) is 6. The molecule has 0 saturated heterocycles. The highest BCUT2D eigenvalue weighted by Crippen LogP contribution is 2.34. The first-order valence-electron chi connectivity index (χ1n) is 7.16. The van der Waals surface area contributed by atoms with Gasteiger partial charge in [0.15, 0.2) is 5.82 Å². The molecule has 1 saturated carbocycles. The Bertz CT molecular complexity index is 556. The van der Waals surface area contributed by atoms with Crippen LogP contribution >= 0.6 is 0 Å². The lowest BCUT2D eigenvalue weighted by molar-refractivity contribution is 0.106. The van der Waals surface area contributed by atoms with Crippen LogP contribution in [0.2, 0.25) is 0 Å². The average molecular weight is 289 g/mol. The zero-order valence-electron chi connectivity index (χ0n) is 11.7. The lowest BCUT2D eigenvalue weighted by Crippen LogP contribution is -2.31. The molecule has 2 aromatic rings. The predicted octanol–water partition coefficient (Wildman–Crippen LogP) is 0.537. The van der Waals surface area contributed by atoms with Gasteiger partial charge in [-0.15, -0.1) is 5.10 Å². The predicted molar refractivity (Wildman–Crippen MR) is 75.7 cm³/mol. The number of para-hydroxylation sites is 1. The van der Waals surface area contributed by atoms with Crippen LogP contribution in [0.5, 0.6) is 5.75 Å².